The molecule has 0 saturated heterocycles. The summed E-state index contributed by atoms with van der Waals surface area (Å²) in [6, 6.07) is 9.48. The number of thiol groups is 1. The molecule has 13 heavy (non-hydrogen) atoms. The van der Waals surface area contributed by atoms with Crippen LogP contribution in [-0.2, 0) is 22.2 Å². The molecule has 0 aliphatic rings. The first kappa shape index (κ1) is 12.4. The van der Waals surface area contributed by atoms with E-state index in [4.69, 9.17) is 17.5 Å². The zero-order chi connectivity index (χ0) is 10.3. The first-order valence-electron chi connectivity index (χ1n) is 3.24. The minimum atomic E-state index is -3.92. The van der Waals surface area contributed by atoms with E-state index in [2.05, 4.69) is 0 Å². The predicted molar refractivity (Wildman–Crippen MR) is 51.7 cm³/mol. The molecule has 0 atom stereocenters. The Morgan fingerprint density at radius 2 is 1.69 bits per heavy atom. The highest BCUT2D eigenvalue weighted by Gasteiger charge is 1.92. The fourth-order valence-corrected chi connectivity index (χ4v) is 0.800. The molecule has 0 aromatic heterocycles. The van der Waals surface area contributed by atoms with Crippen LogP contribution in [0.15, 0.2) is 35.2 Å². The van der Waals surface area contributed by atoms with Crippen LogP contribution in [0.1, 0.15) is 0 Å². The Morgan fingerprint density at radius 1 is 1.31 bits per heavy atom. The van der Waals surface area contributed by atoms with Gasteiger partial charge < -0.3 is 4.55 Å². The second-order valence-corrected chi connectivity index (χ2v) is 4.26. The van der Waals surface area contributed by atoms with Crippen LogP contribution in [0.5, 0.6) is 0 Å². The minimum Gasteiger partial charge on any atom is -0.748 e. The Labute approximate surface area is 81.6 Å². The molecule has 0 aliphatic carbocycles. The van der Waals surface area contributed by atoms with Gasteiger partial charge in [-0.3, -0.25) is 0 Å². The van der Waals surface area contributed by atoms with Crippen LogP contribution in [0.2, 0.25) is 0 Å². The Hall–Kier alpha value is -0.560. The average Bonchev–Trinajstić information content (AvgIpc) is 2.03. The average molecular weight is 222 g/mol. The second kappa shape index (κ2) is 5.98. The topological polar surface area (TPSA) is 77.4 Å². The molecule has 0 heterocycles. The summed E-state index contributed by atoms with van der Waals surface area (Å²) in [6.45, 7) is 0. The Balaban J connectivity index is 0.000000252. The van der Waals surface area contributed by atoms with E-state index >= 15 is 0 Å². The second-order valence-electron chi connectivity index (χ2n) is 2.14. The highest BCUT2D eigenvalue weighted by molar-refractivity contribution is 7.84. The molecule has 0 aliphatic heterocycles. The summed E-state index contributed by atoms with van der Waals surface area (Å²) in [5.74, 6) is 0. The van der Waals surface area contributed by atoms with Crippen molar-refractivity contribution in [2.45, 2.75) is 4.90 Å². The molecule has 0 unspecified atom stereocenters. The molecule has 1 rings (SSSR count). The predicted octanol–water partition coefficient (Wildman–Crippen LogP) is 0.495. The van der Waals surface area contributed by atoms with Crippen LogP contribution < -0.4 is 0 Å². The van der Waals surface area contributed by atoms with Gasteiger partial charge in [0.1, 0.15) is 0 Å². The molecule has 1 N–H and O–H groups in total. The lowest BCUT2D eigenvalue weighted by Crippen LogP contribution is -1.88. The fourth-order valence-electron chi connectivity index (χ4n) is 0.495. The van der Waals surface area contributed by atoms with Crippen LogP contribution in [-0.4, -0.2) is 23.8 Å². The van der Waals surface area contributed by atoms with E-state index in [0.29, 0.717) is 18.3 Å². The van der Waals surface area contributed by atoms with E-state index in [1.54, 1.807) is 0 Å². The lowest BCUT2D eigenvalue weighted by molar-refractivity contribution is 0.470. The van der Waals surface area contributed by atoms with Gasteiger partial charge in [0, 0.05) is 6.26 Å². The molecule has 0 spiro atoms. The first-order chi connectivity index (χ1) is 5.93. The Bertz CT molecular complexity index is 312. The summed E-state index contributed by atoms with van der Waals surface area (Å²) in [5.41, 5.74) is 0. The quantitative estimate of drug-likeness (QED) is 0.426. The molecule has 1 aromatic rings. The van der Waals surface area contributed by atoms with Gasteiger partial charge in [-0.2, -0.15) is 4.55 Å². The van der Waals surface area contributed by atoms with Crippen molar-refractivity contribution in [1.29, 1.82) is 0 Å². The molecule has 0 radical (unpaired) electrons. The van der Waals surface area contributed by atoms with Gasteiger partial charge in [-0.25, -0.2) is 8.42 Å². The van der Waals surface area contributed by atoms with Gasteiger partial charge in [0.15, 0.2) is 16.9 Å². The minimum absolute atomic E-state index is 0.349. The van der Waals surface area contributed by atoms with Gasteiger partial charge in [-0.1, -0.05) is 18.2 Å². The zero-order valence-electron chi connectivity index (χ0n) is 6.91. The van der Waals surface area contributed by atoms with Gasteiger partial charge >= 0.3 is 0 Å². The standard InChI is InChI=1S/C6H6OS.CH4O3S/c7-8-6-4-2-1-3-5-6;1-5(2,3)4/h1-5,7H;1H3,(H,2,3,4). The summed E-state index contributed by atoms with van der Waals surface area (Å²) in [4.78, 5) is 0.938. The lowest BCUT2D eigenvalue weighted by atomic mass is 10.4. The largest absolute Gasteiger partial charge is 0.748 e. The number of hydrogen-bond donors (Lipinski definition) is 1. The van der Waals surface area contributed by atoms with Crippen molar-refractivity contribution in [2.75, 3.05) is 6.26 Å². The van der Waals surface area contributed by atoms with Crippen LogP contribution in [0.25, 0.3) is 0 Å². The van der Waals surface area contributed by atoms with Gasteiger partial charge in [-0.15, -0.1) is 0 Å². The molecule has 0 bridgehead atoms. The normalized spacial score (nSPS) is 10.1. The third kappa shape index (κ3) is 11.4. The van der Waals surface area contributed by atoms with Gasteiger partial charge in [0.05, 0.1) is 10.1 Å². The van der Waals surface area contributed by atoms with Crippen molar-refractivity contribution in [3.8, 4) is 0 Å². The van der Waals surface area contributed by atoms with E-state index in [1.807, 2.05) is 30.3 Å². The monoisotopic (exact) mass is 222 g/mol. The van der Waals surface area contributed by atoms with Crippen molar-refractivity contribution in [3.63, 3.8) is 0 Å². The molecule has 74 valence electrons. The highest BCUT2D eigenvalue weighted by Crippen LogP contribution is 1.97. The summed E-state index contributed by atoms with van der Waals surface area (Å²) < 4.78 is 35.7. The maximum Gasteiger partial charge on any atom is 0.187 e. The number of rotatable bonds is 1. The van der Waals surface area contributed by atoms with Gasteiger partial charge in [-0.05, 0) is 12.1 Å². The van der Waals surface area contributed by atoms with Crippen LogP contribution in [0.4, 0.5) is 0 Å². The lowest BCUT2D eigenvalue weighted by Gasteiger charge is -1.90. The maximum atomic E-state index is 9.08. The molecule has 0 saturated carbocycles. The molecule has 0 fully saturated rings. The van der Waals surface area contributed by atoms with Crippen molar-refractivity contribution in [2.24, 2.45) is 0 Å². The third-order valence-corrected chi connectivity index (χ3v) is 1.40. The Morgan fingerprint density at radius 3 is 1.92 bits per heavy atom. The molecule has 4 nitrogen and oxygen atoms in total. The molecular weight excluding hydrogens is 212 g/mol. The van der Waals surface area contributed by atoms with E-state index in [-0.39, 0.29) is 0 Å². The summed E-state index contributed by atoms with van der Waals surface area (Å²) in [5, 5.41) is 0. The SMILES string of the molecule is CS(=O)(=O)[O-].O[SH+]c1ccccc1. The number of benzene rings is 1. The molecule has 6 heteroatoms. The Kier molecular flexibility index (Phi) is 5.72. The van der Waals surface area contributed by atoms with Gasteiger partial charge in [0.25, 0.3) is 0 Å². The fraction of sp³-hybridized carbons (Fsp3) is 0.143. The summed E-state index contributed by atoms with van der Waals surface area (Å²) >= 11 is 0.349. The van der Waals surface area contributed by atoms with E-state index < -0.39 is 10.1 Å². The smallest absolute Gasteiger partial charge is 0.187 e. The van der Waals surface area contributed by atoms with Crippen molar-refractivity contribution in [3.05, 3.63) is 30.3 Å². The van der Waals surface area contributed by atoms with Crippen LogP contribution >= 0.6 is 0 Å². The highest BCUT2D eigenvalue weighted by atomic mass is 32.2. The maximum absolute atomic E-state index is 9.08. The summed E-state index contributed by atoms with van der Waals surface area (Å²) in [7, 11) is -3.92. The van der Waals surface area contributed by atoms with Crippen molar-refractivity contribution in [1.82, 2.24) is 0 Å². The van der Waals surface area contributed by atoms with E-state index in [0.717, 1.165) is 4.90 Å². The number of hydrogen-bond acceptors (Lipinski definition) is 4. The van der Waals surface area contributed by atoms with Crippen molar-refractivity contribution >= 4 is 22.2 Å². The van der Waals surface area contributed by atoms with E-state index in [9.17, 15) is 0 Å². The van der Waals surface area contributed by atoms with E-state index in [1.165, 1.54) is 0 Å². The van der Waals surface area contributed by atoms with Gasteiger partial charge in [0.2, 0.25) is 0 Å². The van der Waals surface area contributed by atoms with Crippen LogP contribution in [0.3, 0.4) is 0 Å². The first-order valence-corrected chi connectivity index (χ1v) is 5.91. The summed E-state index contributed by atoms with van der Waals surface area (Å²) in [6.07, 6.45) is 0.604. The third-order valence-electron chi connectivity index (χ3n) is 0.872. The molecular formula is C7H10O4S2. The van der Waals surface area contributed by atoms with Crippen molar-refractivity contribution < 1.29 is 17.5 Å². The van der Waals surface area contributed by atoms with Crippen LogP contribution in [0, 0.1) is 0 Å². The zero-order valence-corrected chi connectivity index (χ0v) is 8.63. The molecule has 1 aromatic carbocycles. The molecule has 0 amide bonds.